The summed E-state index contributed by atoms with van der Waals surface area (Å²) in [6.45, 7) is 8.51. The minimum absolute atomic E-state index is 0.194. The summed E-state index contributed by atoms with van der Waals surface area (Å²) in [5, 5.41) is 3.06. The molecule has 2 aliphatic heterocycles. The Hall–Kier alpha value is -0.650. The summed E-state index contributed by atoms with van der Waals surface area (Å²) in [5.74, 6) is 0.784. The Morgan fingerprint density at radius 1 is 1.36 bits per heavy atom. The fourth-order valence-corrected chi connectivity index (χ4v) is 3.28. The highest BCUT2D eigenvalue weighted by Crippen LogP contribution is 2.16. The molecule has 1 N–H and O–H groups in total. The number of rotatable bonds is 9. The van der Waals surface area contributed by atoms with E-state index in [1.165, 1.54) is 19.3 Å². The van der Waals surface area contributed by atoms with Crippen molar-refractivity contribution in [3.63, 3.8) is 0 Å². The standard InChI is InChI=1S/C17H32N2O3/c1-2-5-17(20)18-12-15-6-3-8-19(13-15)9-11-21-14-16-7-4-10-22-16/h15-16H,2-14H2,1H3,(H,18,20). The van der Waals surface area contributed by atoms with E-state index in [-0.39, 0.29) is 5.91 Å². The van der Waals surface area contributed by atoms with E-state index in [2.05, 4.69) is 10.2 Å². The van der Waals surface area contributed by atoms with Crippen LogP contribution in [-0.2, 0) is 14.3 Å². The van der Waals surface area contributed by atoms with Gasteiger partial charge < -0.3 is 19.7 Å². The monoisotopic (exact) mass is 312 g/mol. The molecule has 2 unspecified atom stereocenters. The third-order valence-electron chi connectivity index (χ3n) is 4.55. The maximum Gasteiger partial charge on any atom is 0.219 e. The molecule has 1 amide bonds. The third-order valence-corrected chi connectivity index (χ3v) is 4.55. The smallest absolute Gasteiger partial charge is 0.219 e. The van der Waals surface area contributed by atoms with Gasteiger partial charge in [-0.2, -0.15) is 0 Å². The summed E-state index contributed by atoms with van der Waals surface area (Å²) in [4.78, 5) is 14.0. The van der Waals surface area contributed by atoms with Crippen molar-refractivity contribution in [2.24, 2.45) is 5.92 Å². The Kier molecular flexibility index (Phi) is 8.20. The van der Waals surface area contributed by atoms with Crippen LogP contribution in [-0.4, -0.2) is 62.9 Å². The van der Waals surface area contributed by atoms with E-state index in [1.807, 2.05) is 6.92 Å². The molecule has 2 saturated heterocycles. The van der Waals surface area contributed by atoms with Gasteiger partial charge in [-0.25, -0.2) is 0 Å². The van der Waals surface area contributed by atoms with Crippen molar-refractivity contribution < 1.29 is 14.3 Å². The van der Waals surface area contributed by atoms with E-state index in [9.17, 15) is 4.79 Å². The van der Waals surface area contributed by atoms with Crippen LogP contribution in [0.15, 0.2) is 0 Å². The quantitative estimate of drug-likeness (QED) is 0.660. The molecule has 2 heterocycles. The number of hydrogen-bond donors (Lipinski definition) is 1. The number of ether oxygens (including phenoxy) is 2. The average Bonchev–Trinajstić information content (AvgIpc) is 3.04. The Labute approximate surface area is 134 Å². The van der Waals surface area contributed by atoms with Crippen LogP contribution in [0.25, 0.3) is 0 Å². The maximum atomic E-state index is 11.5. The van der Waals surface area contributed by atoms with Crippen LogP contribution >= 0.6 is 0 Å². The van der Waals surface area contributed by atoms with E-state index in [4.69, 9.17) is 9.47 Å². The lowest BCUT2D eigenvalue weighted by molar-refractivity contribution is -0.121. The van der Waals surface area contributed by atoms with Crippen LogP contribution in [0.4, 0.5) is 0 Å². The molecule has 0 aromatic heterocycles. The van der Waals surface area contributed by atoms with Gasteiger partial charge >= 0.3 is 0 Å². The number of carbonyl (C=O) groups is 1. The lowest BCUT2D eigenvalue weighted by Crippen LogP contribution is -2.42. The van der Waals surface area contributed by atoms with E-state index in [1.54, 1.807) is 0 Å². The van der Waals surface area contributed by atoms with Gasteiger partial charge in [-0.3, -0.25) is 4.79 Å². The first kappa shape index (κ1) is 17.7. The largest absolute Gasteiger partial charge is 0.377 e. The Balaban J connectivity index is 1.54. The van der Waals surface area contributed by atoms with Crippen molar-refractivity contribution in [3.05, 3.63) is 0 Å². The molecule has 0 bridgehead atoms. The summed E-state index contributed by atoms with van der Waals surface area (Å²) >= 11 is 0. The van der Waals surface area contributed by atoms with Gasteiger partial charge in [0.1, 0.15) is 0 Å². The molecule has 5 nitrogen and oxygen atoms in total. The Morgan fingerprint density at radius 2 is 2.27 bits per heavy atom. The first-order valence-electron chi connectivity index (χ1n) is 8.96. The van der Waals surface area contributed by atoms with E-state index >= 15 is 0 Å². The van der Waals surface area contributed by atoms with E-state index in [0.717, 1.165) is 58.8 Å². The summed E-state index contributed by atoms with van der Waals surface area (Å²) in [6.07, 6.45) is 6.65. The van der Waals surface area contributed by atoms with Crippen molar-refractivity contribution in [3.8, 4) is 0 Å². The van der Waals surface area contributed by atoms with Crippen molar-refractivity contribution in [1.82, 2.24) is 10.2 Å². The number of carbonyl (C=O) groups excluding carboxylic acids is 1. The molecule has 2 rings (SSSR count). The predicted molar refractivity (Wildman–Crippen MR) is 86.9 cm³/mol. The molecule has 0 radical (unpaired) electrons. The van der Waals surface area contributed by atoms with Gasteiger partial charge in [0, 0.05) is 32.7 Å². The first-order chi connectivity index (χ1) is 10.8. The van der Waals surface area contributed by atoms with Gasteiger partial charge in [-0.15, -0.1) is 0 Å². The lowest BCUT2D eigenvalue weighted by Gasteiger charge is -2.32. The van der Waals surface area contributed by atoms with Crippen LogP contribution < -0.4 is 5.32 Å². The molecule has 5 heteroatoms. The van der Waals surface area contributed by atoms with Crippen LogP contribution in [0.3, 0.4) is 0 Å². The highest BCUT2D eigenvalue weighted by molar-refractivity contribution is 5.75. The first-order valence-corrected chi connectivity index (χ1v) is 8.96. The van der Waals surface area contributed by atoms with Gasteiger partial charge in [-0.1, -0.05) is 6.92 Å². The number of hydrogen-bond acceptors (Lipinski definition) is 4. The van der Waals surface area contributed by atoms with Crippen molar-refractivity contribution in [2.75, 3.05) is 46.0 Å². The number of nitrogens with one attached hydrogen (secondary N) is 1. The second kappa shape index (κ2) is 10.2. The Morgan fingerprint density at radius 3 is 3.05 bits per heavy atom. The zero-order valence-corrected chi connectivity index (χ0v) is 14.0. The van der Waals surface area contributed by atoms with Crippen molar-refractivity contribution >= 4 is 5.91 Å². The molecule has 2 atom stereocenters. The predicted octanol–water partition coefficient (Wildman–Crippen LogP) is 1.81. The Bertz CT molecular complexity index is 319. The summed E-state index contributed by atoms with van der Waals surface area (Å²) in [7, 11) is 0. The average molecular weight is 312 g/mol. The normalized spacial score (nSPS) is 26.2. The van der Waals surface area contributed by atoms with Crippen molar-refractivity contribution in [2.45, 2.75) is 51.6 Å². The van der Waals surface area contributed by atoms with Gasteiger partial charge in [0.05, 0.1) is 19.3 Å². The zero-order chi connectivity index (χ0) is 15.6. The molecule has 128 valence electrons. The fraction of sp³-hybridized carbons (Fsp3) is 0.941. The molecule has 2 aliphatic rings. The molecule has 0 aromatic carbocycles. The van der Waals surface area contributed by atoms with Crippen LogP contribution in [0.1, 0.15) is 45.4 Å². The molecule has 0 aliphatic carbocycles. The molecule has 2 fully saturated rings. The fourth-order valence-electron chi connectivity index (χ4n) is 3.28. The minimum Gasteiger partial charge on any atom is -0.377 e. The zero-order valence-electron chi connectivity index (χ0n) is 14.0. The number of amides is 1. The second-order valence-corrected chi connectivity index (χ2v) is 6.57. The van der Waals surface area contributed by atoms with Gasteiger partial charge in [-0.05, 0) is 44.6 Å². The highest BCUT2D eigenvalue weighted by Gasteiger charge is 2.20. The molecule has 0 saturated carbocycles. The number of nitrogens with zero attached hydrogens (tertiary/aromatic N) is 1. The van der Waals surface area contributed by atoms with Crippen LogP contribution in [0.5, 0.6) is 0 Å². The van der Waals surface area contributed by atoms with E-state index in [0.29, 0.717) is 18.4 Å². The summed E-state index contributed by atoms with van der Waals surface area (Å²) in [5.41, 5.74) is 0. The van der Waals surface area contributed by atoms with Gasteiger partial charge in [0.25, 0.3) is 0 Å². The summed E-state index contributed by atoms with van der Waals surface area (Å²) < 4.78 is 11.3. The van der Waals surface area contributed by atoms with Crippen molar-refractivity contribution in [1.29, 1.82) is 0 Å². The van der Waals surface area contributed by atoms with Gasteiger partial charge in [0.15, 0.2) is 0 Å². The summed E-state index contributed by atoms with van der Waals surface area (Å²) in [6, 6.07) is 0. The number of piperidine rings is 1. The lowest BCUT2D eigenvalue weighted by atomic mass is 9.98. The van der Waals surface area contributed by atoms with E-state index < -0.39 is 0 Å². The van der Waals surface area contributed by atoms with Crippen LogP contribution in [0.2, 0.25) is 0 Å². The van der Waals surface area contributed by atoms with Gasteiger partial charge in [0.2, 0.25) is 5.91 Å². The minimum atomic E-state index is 0.194. The topological polar surface area (TPSA) is 50.8 Å². The van der Waals surface area contributed by atoms with Crippen LogP contribution in [0, 0.1) is 5.92 Å². The maximum absolute atomic E-state index is 11.5. The third kappa shape index (κ3) is 6.63. The number of likely N-dealkylation sites (tertiary alicyclic amines) is 1. The highest BCUT2D eigenvalue weighted by atomic mass is 16.5. The second-order valence-electron chi connectivity index (χ2n) is 6.57. The molecule has 0 spiro atoms. The molecular formula is C17H32N2O3. The molecule has 0 aromatic rings. The SMILES string of the molecule is CCCC(=O)NCC1CCCN(CCOCC2CCCO2)C1. The molecular weight excluding hydrogens is 280 g/mol. The molecule has 22 heavy (non-hydrogen) atoms.